The Morgan fingerprint density at radius 1 is 1.24 bits per heavy atom. The molecule has 6 nitrogen and oxygen atoms in total. The number of carbonyl (C=O) groups excluding carboxylic acids is 1. The number of nitrogens with zero attached hydrogens (tertiary/aromatic N) is 2. The summed E-state index contributed by atoms with van der Waals surface area (Å²) in [5, 5.41) is -0.568. The molecule has 0 aliphatic carbocycles. The SMILES string of the molecule is COCC(=O)N1CCN(S(=O)(=O)c2ccc(Cl)c(C(F)(F)F)c2)CC1. The summed E-state index contributed by atoms with van der Waals surface area (Å²) >= 11 is 5.52. The molecule has 1 aromatic rings. The fourth-order valence-electron chi connectivity index (χ4n) is 2.42. The molecule has 1 amide bonds. The Hall–Kier alpha value is -1.36. The molecule has 0 spiro atoms. The van der Waals surface area contributed by atoms with Crippen LogP contribution in [0.4, 0.5) is 13.2 Å². The topological polar surface area (TPSA) is 66.9 Å². The molecule has 0 aromatic heterocycles. The Bertz CT molecular complexity index is 747. The summed E-state index contributed by atoms with van der Waals surface area (Å²) in [5.41, 5.74) is -1.20. The molecule has 1 saturated heterocycles. The van der Waals surface area contributed by atoms with Gasteiger partial charge in [0.05, 0.1) is 15.5 Å². The van der Waals surface area contributed by atoms with Crippen LogP contribution in [0.1, 0.15) is 5.56 Å². The number of rotatable bonds is 4. The number of piperazine rings is 1. The fourth-order valence-corrected chi connectivity index (χ4v) is 4.10. The van der Waals surface area contributed by atoms with Crippen molar-refractivity contribution in [1.82, 2.24) is 9.21 Å². The molecule has 2 rings (SSSR count). The Balaban J connectivity index is 2.19. The molecular weight excluding hydrogens is 385 g/mol. The third-order valence-corrected chi connectivity index (χ3v) is 5.96. The highest BCUT2D eigenvalue weighted by molar-refractivity contribution is 7.89. The highest BCUT2D eigenvalue weighted by Crippen LogP contribution is 2.36. The average molecular weight is 401 g/mol. The molecule has 0 N–H and O–H groups in total. The van der Waals surface area contributed by atoms with E-state index in [9.17, 15) is 26.4 Å². The summed E-state index contributed by atoms with van der Waals surface area (Å²) in [5.74, 6) is -0.273. The van der Waals surface area contributed by atoms with Crippen molar-refractivity contribution in [2.24, 2.45) is 0 Å². The van der Waals surface area contributed by atoms with Crippen LogP contribution in [0.3, 0.4) is 0 Å². The molecule has 1 heterocycles. The summed E-state index contributed by atoms with van der Waals surface area (Å²) < 4.78 is 69.7. The lowest BCUT2D eigenvalue weighted by Crippen LogP contribution is -2.51. The van der Waals surface area contributed by atoms with Crippen LogP contribution in [0, 0.1) is 0 Å². The number of hydrogen-bond donors (Lipinski definition) is 0. The second-order valence-corrected chi connectivity index (χ2v) is 7.70. The van der Waals surface area contributed by atoms with E-state index >= 15 is 0 Å². The maximum absolute atomic E-state index is 12.9. The Labute approximate surface area is 148 Å². The predicted octanol–water partition coefficient (Wildman–Crippen LogP) is 1.84. The minimum atomic E-state index is -4.76. The quantitative estimate of drug-likeness (QED) is 0.773. The van der Waals surface area contributed by atoms with Gasteiger partial charge in [0, 0.05) is 33.3 Å². The molecule has 0 radical (unpaired) electrons. The maximum Gasteiger partial charge on any atom is 0.417 e. The van der Waals surface area contributed by atoms with Crippen LogP contribution in [0.15, 0.2) is 23.1 Å². The first-order chi connectivity index (χ1) is 11.6. The first kappa shape index (κ1) is 20.0. The third-order valence-electron chi connectivity index (χ3n) is 3.74. The van der Waals surface area contributed by atoms with Crippen molar-refractivity contribution in [2.75, 3.05) is 39.9 Å². The standard InChI is InChI=1S/C14H16ClF3N2O4S/c1-24-9-13(21)19-4-6-20(7-5-19)25(22,23)10-2-3-12(15)11(8-10)14(16,17)18/h2-3,8H,4-7,9H2,1H3. The van der Waals surface area contributed by atoms with E-state index in [4.69, 9.17) is 16.3 Å². The van der Waals surface area contributed by atoms with Crippen molar-refractivity contribution in [3.05, 3.63) is 28.8 Å². The third kappa shape index (κ3) is 4.43. The van der Waals surface area contributed by atoms with E-state index in [1.807, 2.05) is 0 Å². The molecule has 1 aliphatic rings. The van der Waals surface area contributed by atoms with Crippen molar-refractivity contribution in [3.63, 3.8) is 0 Å². The Morgan fingerprint density at radius 2 is 1.84 bits per heavy atom. The minimum Gasteiger partial charge on any atom is -0.375 e. The first-order valence-electron chi connectivity index (χ1n) is 7.21. The van der Waals surface area contributed by atoms with Crippen molar-refractivity contribution in [1.29, 1.82) is 0 Å². The van der Waals surface area contributed by atoms with Crippen molar-refractivity contribution >= 4 is 27.5 Å². The summed E-state index contributed by atoms with van der Waals surface area (Å²) in [4.78, 5) is 12.7. The zero-order valence-corrected chi connectivity index (χ0v) is 14.8. The summed E-state index contributed by atoms with van der Waals surface area (Å²) in [6.45, 7) is 0.144. The van der Waals surface area contributed by atoms with E-state index in [0.717, 1.165) is 16.4 Å². The van der Waals surface area contributed by atoms with Gasteiger partial charge in [-0.15, -0.1) is 0 Å². The van der Waals surface area contributed by atoms with Crippen LogP contribution in [-0.4, -0.2) is 63.4 Å². The molecule has 1 fully saturated rings. The van der Waals surface area contributed by atoms with Gasteiger partial charge in [0.2, 0.25) is 15.9 Å². The smallest absolute Gasteiger partial charge is 0.375 e. The normalized spacial score (nSPS) is 16.9. The fraction of sp³-hybridized carbons (Fsp3) is 0.500. The van der Waals surface area contributed by atoms with Gasteiger partial charge >= 0.3 is 6.18 Å². The van der Waals surface area contributed by atoms with Crippen LogP contribution in [0.25, 0.3) is 0 Å². The van der Waals surface area contributed by atoms with E-state index in [1.165, 1.54) is 12.0 Å². The first-order valence-corrected chi connectivity index (χ1v) is 9.03. The summed E-state index contributed by atoms with van der Waals surface area (Å²) in [6.07, 6.45) is -4.76. The number of alkyl halides is 3. The van der Waals surface area contributed by atoms with Crippen molar-refractivity contribution < 1.29 is 31.1 Å². The zero-order valence-electron chi connectivity index (χ0n) is 13.2. The van der Waals surface area contributed by atoms with E-state index in [1.54, 1.807) is 0 Å². The Morgan fingerprint density at radius 3 is 2.36 bits per heavy atom. The van der Waals surface area contributed by atoms with Gasteiger partial charge in [0.15, 0.2) is 0 Å². The van der Waals surface area contributed by atoms with Crippen LogP contribution < -0.4 is 0 Å². The van der Waals surface area contributed by atoms with Gasteiger partial charge in [-0.1, -0.05) is 11.6 Å². The van der Waals surface area contributed by atoms with Gasteiger partial charge in [-0.25, -0.2) is 8.42 Å². The van der Waals surface area contributed by atoms with E-state index in [2.05, 4.69) is 0 Å². The molecule has 1 aromatic carbocycles. The van der Waals surface area contributed by atoms with Gasteiger partial charge < -0.3 is 9.64 Å². The maximum atomic E-state index is 12.9. The molecule has 25 heavy (non-hydrogen) atoms. The number of amides is 1. The number of ether oxygens (including phenoxy) is 1. The number of methoxy groups -OCH3 is 1. The van der Waals surface area contributed by atoms with Crippen LogP contribution >= 0.6 is 11.6 Å². The van der Waals surface area contributed by atoms with Crippen LogP contribution in [-0.2, 0) is 25.7 Å². The highest BCUT2D eigenvalue weighted by atomic mass is 35.5. The van der Waals surface area contributed by atoms with Gasteiger partial charge in [-0.3, -0.25) is 4.79 Å². The molecule has 0 bridgehead atoms. The lowest BCUT2D eigenvalue weighted by atomic mass is 10.2. The lowest BCUT2D eigenvalue weighted by molar-refractivity contribution is -0.138. The summed E-state index contributed by atoms with van der Waals surface area (Å²) in [7, 11) is -2.75. The average Bonchev–Trinajstić information content (AvgIpc) is 2.54. The van der Waals surface area contributed by atoms with Crippen molar-refractivity contribution in [3.8, 4) is 0 Å². The number of hydrogen-bond acceptors (Lipinski definition) is 4. The van der Waals surface area contributed by atoms with E-state index < -0.39 is 31.7 Å². The Kier molecular flexibility index (Phi) is 5.97. The molecule has 140 valence electrons. The van der Waals surface area contributed by atoms with E-state index in [0.29, 0.717) is 6.07 Å². The van der Waals surface area contributed by atoms with Crippen LogP contribution in [0.5, 0.6) is 0 Å². The van der Waals surface area contributed by atoms with E-state index in [-0.39, 0.29) is 38.7 Å². The molecule has 11 heteroatoms. The van der Waals surface area contributed by atoms with Gasteiger partial charge in [-0.2, -0.15) is 17.5 Å². The number of halogens is 4. The lowest BCUT2D eigenvalue weighted by Gasteiger charge is -2.34. The number of benzene rings is 1. The second kappa shape index (κ2) is 7.48. The molecule has 0 unspecified atom stereocenters. The monoisotopic (exact) mass is 400 g/mol. The van der Waals surface area contributed by atoms with Gasteiger partial charge in [-0.05, 0) is 18.2 Å². The number of carbonyl (C=O) groups is 1. The molecule has 0 saturated carbocycles. The summed E-state index contributed by atoms with van der Waals surface area (Å²) in [6, 6.07) is 2.48. The minimum absolute atomic E-state index is 0.0121. The van der Waals surface area contributed by atoms with Gasteiger partial charge in [0.1, 0.15) is 6.61 Å². The molecule has 1 aliphatic heterocycles. The zero-order chi connectivity index (χ0) is 18.8. The number of sulfonamides is 1. The predicted molar refractivity (Wildman–Crippen MR) is 83.7 cm³/mol. The second-order valence-electron chi connectivity index (χ2n) is 5.36. The van der Waals surface area contributed by atoms with Gasteiger partial charge in [0.25, 0.3) is 0 Å². The molecule has 0 atom stereocenters. The molecular formula is C14H16ClF3N2O4S. The largest absolute Gasteiger partial charge is 0.417 e. The van der Waals surface area contributed by atoms with Crippen molar-refractivity contribution in [2.45, 2.75) is 11.1 Å². The van der Waals surface area contributed by atoms with Crippen LogP contribution in [0.2, 0.25) is 5.02 Å². The highest BCUT2D eigenvalue weighted by Gasteiger charge is 2.36.